The summed E-state index contributed by atoms with van der Waals surface area (Å²) < 4.78 is 0. The minimum absolute atomic E-state index is 0.674. The number of nitrogens with two attached hydrogens (primary N) is 1. The highest BCUT2D eigenvalue weighted by Crippen LogP contribution is 2.14. The van der Waals surface area contributed by atoms with E-state index in [9.17, 15) is 0 Å². The Labute approximate surface area is 56.9 Å². The van der Waals surface area contributed by atoms with Crippen LogP contribution in [0.1, 0.15) is 25.7 Å². The molecule has 0 amide bonds. The van der Waals surface area contributed by atoms with Gasteiger partial charge < -0.3 is 5.73 Å². The molecule has 0 aromatic carbocycles. The normalized spacial score (nSPS) is 27.9. The highest BCUT2D eigenvalue weighted by Gasteiger charge is 2.03. The van der Waals surface area contributed by atoms with Gasteiger partial charge in [-0.15, -0.1) is 0 Å². The second kappa shape index (κ2) is 3.67. The van der Waals surface area contributed by atoms with Crippen LogP contribution in [0.25, 0.3) is 0 Å². The molecule has 0 spiro atoms. The maximum absolute atomic E-state index is 5.52. The van der Waals surface area contributed by atoms with Gasteiger partial charge in [0, 0.05) is 0 Å². The lowest BCUT2D eigenvalue weighted by molar-refractivity contribution is 0.571. The van der Waals surface area contributed by atoms with E-state index in [2.05, 4.69) is 12.2 Å². The van der Waals surface area contributed by atoms with E-state index in [4.69, 9.17) is 5.73 Å². The molecule has 0 aromatic heterocycles. The van der Waals surface area contributed by atoms with Crippen molar-refractivity contribution in [2.45, 2.75) is 25.7 Å². The van der Waals surface area contributed by atoms with Crippen LogP contribution >= 0.6 is 0 Å². The van der Waals surface area contributed by atoms with Crippen LogP contribution in [0.4, 0.5) is 0 Å². The van der Waals surface area contributed by atoms with Gasteiger partial charge in [0.2, 0.25) is 0 Å². The van der Waals surface area contributed by atoms with Crippen LogP contribution in [-0.2, 0) is 0 Å². The van der Waals surface area contributed by atoms with Crippen LogP contribution < -0.4 is 5.73 Å². The van der Waals surface area contributed by atoms with Gasteiger partial charge in [0.1, 0.15) is 0 Å². The van der Waals surface area contributed by atoms with Crippen LogP contribution in [0, 0.1) is 5.92 Å². The molecule has 2 N–H and O–H groups in total. The largest absolute Gasteiger partial charge is 0.330 e. The molecular weight excluding hydrogens is 110 g/mol. The first-order valence-electron chi connectivity index (χ1n) is 3.80. The third kappa shape index (κ3) is 2.19. The van der Waals surface area contributed by atoms with Crippen molar-refractivity contribution in [3.8, 4) is 0 Å². The maximum Gasteiger partial charge on any atom is -0.00142 e. The summed E-state index contributed by atoms with van der Waals surface area (Å²) in [5.74, 6) is 0.674. The Hall–Kier alpha value is -0.300. The first-order chi connectivity index (χ1) is 4.43. The third-order valence-electron chi connectivity index (χ3n) is 1.91. The second-order valence-corrected chi connectivity index (χ2v) is 2.71. The van der Waals surface area contributed by atoms with E-state index in [1.807, 2.05) is 0 Å². The monoisotopic (exact) mass is 125 g/mol. The summed E-state index contributed by atoms with van der Waals surface area (Å²) in [6.45, 7) is 0.830. The van der Waals surface area contributed by atoms with Gasteiger partial charge in [-0.05, 0) is 31.7 Å². The van der Waals surface area contributed by atoms with E-state index in [1.54, 1.807) is 0 Å². The Morgan fingerprint density at radius 2 is 2.33 bits per heavy atom. The molecule has 0 heterocycles. The molecule has 1 atom stereocenters. The molecule has 0 saturated heterocycles. The summed E-state index contributed by atoms with van der Waals surface area (Å²) >= 11 is 0. The van der Waals surface area contributed by atoms with E-state index >= 15 is 0 Å². The van der Waals surface area contributed by atoms with Crippen molar-refractivity contribution in [3.05, 3.63) is 12.2 Å². The predicted molar refractivity (Wildman–Crippen MR) is 40.2 cm³/mol. The van der Waals surface area contributed by atoms with Crippen molar-refractivity contribution < 1.29 is 0 Å². The minimum Gasteiger partial charge on any atom is -0.330 e. The molecule has 52 valence electrons. The van der Waals surface area contributed by atoms with Crippen LogP contribution in [0.5, 0.6) is 0 Å². The standard InChI is InChI=1S/C8H15N/c9-7-8-5-3-1-2-4-6-8/h3,5,8H,1-2,4,6-7,9H2. The quantitative estimate of drug-likeness (QED) is 0.530. The van der Waals surface area contributed by atoms with Gasteiger partial charge >= 0.3 is 0 Å². The number of rotatable bonds is 1. The lowest BCUT2D eigenvalue weighted by Crippen LogP contribution is -2.10. The fourth-order valence-corrected chi connectivity index (χ4v) is 1.25. The average molecular weight is 125 g/mol. The molecule has 0 saturated carbocycles. The molecule has 1 nitrogen and oxygen atoms in total. The summed E-state index contributed by atoms with van der Waals surface area (Å²) in [6, 6.07) is 0. The molecule has 1 aliphatic carbocycles. The van der Waals surface area contributed by atoms with E-state index in [-0.39, 0.29) is 0 Å². The van der Waals surface area contributed by atoms with Gasteiger partial charge in [0.15, 0.2) is 0 Å². The lowest BCUT2D eigenvalue weighted by atomic mass is 10.0. The third-order valence-corrected chi connectivity index (χ3v) is 1.91. The topological polar surface area (TPSA) is 26.0 Å². The highest BCUT2D eigenvalue weighted by molar-refractivity contribution is 4.91. The molecule has 0 fully saturated rings. The Morgan fingerprint density at radius 1 is 1.44 bits per heavy atom. The molecule has 1 aliphatic rings. The summed E-state index contributed by atoms with van der Waals surface area (Å²) in [7, 11) is 0. The number of hydrogen-bond donors (Lipinski definition) is 1. The van der Waals surface area contributed by atoms with E-state index < -0.39 is 0 Å². The second-order valence-electron chi connectivity index (χ2n) is 2.71. The highest BCUT2D eigenvalue weighted by atomic mass is 14.5. The van der Waals surface area contributed by atoms with Crippen LogP contribution in [-0.4, -0.2) is 6.54 Å². The molecule has 1 rings (SSSR count). The summed E-state index contributed by atoms with van der Waals surface area (Å²) in [6.07, 6.45) is 9.81. The fourth-order valence-electron chi connectivity index (χ4n) is 1.25. The van der Waals surface area contributed by atoms with Crippen molar-refractivity contribution in [2.24, 2.45) is 11.7 Å². The van der Waals surface area contributed by atoms with E-state index in [0.717, 1.165) is 6.54 Å². The molecular formula is C8H15N. The zero-order chi connectivity index (χ0) is 6.53. The summed E-state index contributed by atoms with van der Waals surface area (Å²) in [4.78, 5) is 0. The zero-order valence-corrected chi connectivity index (χ0v) is 5.84. The van der Waals surface area contributed by atoms with E-state index in [0.29, 0.717) is 5.92 Å². The predicted octanol–water partition coefficient (Wildman–Crippen LogP) is 1.69. The van der Waals surface area contributed by atoms with Crippen LogP contribution in [0.3, 0.4) is 0 Å². The lowest BCUT2D eigenvalue weighted by Gasteiger charge is -2.04. The van der Waals surface area contributed by atoms with Crippen molar-refractivity contribution >= 4 is 0 Å². The molecule has 0 bridgehead atoms. The van der Waals surface area contributed by atoms with Gasteiger partial charge in [-0.2, -0.15) is 0 Å². The van der Waals surface area contributed by atoms with Gasteiger partial charge in [0.05, 0.1) is 0 Å². The molecule has 1 heteroatoms. The summed E-state index contributed by atoms with van der Waals surface area (Å²) in [5, 5.41) is 0. The molecule has 0 aromatic rings. The Morgan fingerprint density at radius 3 is 3.11 bits per heavy atom. The average Bonchev–Trinajstić information content (AvgIpc) is 2.13. The molecule has 9 heavy (non-hydrogen) atoms. The van der Waals surface area contributed by atoms with Gasteiger partial charge in [-0.1, -0.05) is 18.6 Å². The first-order valence-corrected chi connectivity index (χ1v) is 3.80. The minimum atomic E-state index is 0.674. The van der Waals surface area contributed by atoms with Gasteiger partial charge in [-0.3, -0.25) is 0 Å². The zero-order valence-electron chi connectivity index (χ0n) is 5.84. The number of hydrogen-bond acceptors (Lipinski definition) is 1. The molecule has 0 radical (unpaired) electrons. The van der Waals surface area contributed by atoms with Crippen LogP contribution in [0.2, 0.25) is 0 Å². The van der Waals surface area contributed by atoms with Crippen molar-refractivity contribution in [1.82, 2.24) is 0 Å². The first kappa shape index (κ1) is 6.81. The molecule has 1 unspecified atom stereocenters. The van der Waals surface area contributed by atoms with Gasteiger partial charge in [-0.25, -0.2) is 0 Å². The van der Waals surface area contributed by atoms with Crippen LogP contribution in [0.15, 0.2) is 12.2 Å². The van der Waals surface area contributed by atoms with Crippen molar-refractivity contribution in [1.29, 1.82) is 0 Å². The van der Waals surface area contributed by atoms with Crippen molar-refractivity contribution in [3.63, 3.8) is 0 Å². The van der Waals surface area contributed by atoms with E-state index in [1.165, 1.54) is 25.7 Å². The Kier molecular flexibility index (Phi) is 2.78. The Balaban J connectivity index is 2.33. The SMILES string of the molecule is NCC1C=CCCCC1. The Bertz CT molecular complexity index is 96.7. The smallest absolute Gasteiger partial charge is 0.00142 e. The van der Waals surface area contributed by atoms with Gasteiger partial charge in [0.25, 0.3) is 0 Å². The molecule has 0 aliphatic heterocycles. The summed E-state index contributed by atoms with van der Waals surface area (Å²) in [5.41, 5.74) is 5.52. The maximum atomic E-state index is 5.52. The number of allylic oxidation sites excluding steroid dienone is 1. The van der Waals surface area contributed by atoms with Crippen molar-refractivity contribution in [2.75, 3.05) is 6.54 Å². The fraction of sp³-hybridized carbons (Fsp3) is 0.750.